The first-order valence-electron chi connectivity index (χ1n) is 7.45. The van der Waals surface area contributed by atoms with Gasteiger partial charge in [-0.25, -0.2) is 0 Å². The summed E-state index contributed by atoms with van der Waals surface area (Å²) in [6.45, 7) is 9.73. The molecular weight excluding hydrogens is 242 g/mol. The smallest absolute Gasteiger partial charge is 0.0587 e. The summed E-state index contributed by atoms with van der Waals surface area (Å²) < 4.78 is 15.7. The Bertz CT molecular complexity index is 190. The molecule has 0 bridgehead atoms. The third-order valence-corrected chi connectivity index (χ3v) is 3.38. The van der Waals surface area contributed by atoms with Gasteiger partial charge in [-0.15, -0.1) is 0 Å². The summed E-state index contributed by atoms with van der Waals surface area (Å²) in [4.78, 5) is 0. The molecular formula is C15H33NO3. The highest BCUT2D eigenvalue weighted by atomic mass is 16.5. The Balaban J connectivity index is 3.74. The molecule has 4 nitrogen and oxygen atoms in total. The van der Waals surface area contributed by atoms with E-state index in [9.17, 15) is 0 Å². The molecule has 116 valence electrons. The lowest BCUT2D eigenvalue weighted by molar-refractivity contribution is 0.0762. The van der Waals surface area contributed by atoms with Gasteiger partial charge in [0.05, 0.1) is 6.61 Å². The lowest BCUT2D eigenvalue weighted by atomic mass is 9.82. The monoisotopic (exact) mass is 275 g/mol. The number of rotatable bonds is 14. The number of hydrogen-bond acceptors (Lipinski definition) is 4. The van der Waals surface area contributed by atoms with Gasteiger partial charge in [-0.2, -0.15) is 0 Å². The molecule has 19 heavy (non-hydrogen) atoms. The first-order valence-corrected chi connectivity index (χ1v) is 7.45. The molecule has 0 radical (unpaired) electrons. The second-order valence-corrected chi connectivity index (χ2v) is 5.44. The van der Waals surface area contributed by atoms with E-state index < -0.39 is 0 Å². The normalized spacial score (nSPS) is 14.5. The van der Waals surface area contributed by atoms with Gasteiger partial charge in [0.15, 0.2) is 0 Å². The van der Waals surface area contributed by atoms with Crippen LogP contribution in [0, 0.1) is 5.41 Å². The van der Waals surface area contributed by atoms with E-state index >= 15 is 0 Å². The molecule has 4 heteroatoms. The van der Waals surface area contributed by atoms with Crippen LogP contribution in [-0.4, -0.2) is 53.7 Å². The summed E-state index contributed by atoms with van der Waals surface area (Å²) in [6.07, 6.45) is 4.53. The SMILES string of the molecule is CCCC(C)(CCOCCCOC)CNCCOC. The predicted molar refractivity (Wildman–Crippen MR) is 79.7 cm³/mol. The van der Waals surface area contributed by atoms with E-state index in [0.717, 1.165) is 52.4 Å². The molecule has 1 N–H and O–H groups in total. The first-order chi connectivity index (χ1) is 9.18. The average molecular weight is 275 g/mol. The third kappa shape index (κ3) is 11.4. The van der Waals surface area contributed by atoms with Crippen molar-refractivity contribution in [3.05, 3.63) is 0 Å². The molecule has 0 fully saturated rings. The molecule has 0 aliphatic heterocycles. The summed E-state index contributed by atoms with van der Waals surface area (Å²) in [5, 5.41) is 3.47. The zero-order valence-electron chi connectivity index (χ0n) is 13.3. The van der Waals surface area contributed by atoms with Gasteiger partial charge in [-0.1, -0.05) is 20.3 Å². The van der Waals surface area contributed by atoms with Crippen LogP contribution in [0.3, 0.4) is 0 Å². The summed E-state index contributed by atoms with van der Waals surface area (Å²) in [5.74, 6) is 0. The summed E-state index contributed by atoms with van der Waals surface area (Å²) in [5.41, 5.74) is 0.323. The van der Waals surface area contributed by atoms with Gasteiger partial charge in [0.1, 0.15) is 0 Å². The zero-order chi connectivity index (χ0) is 14.4. The minimum Gasteiger partial charge on any atom is -0.385 e. The van der Waals surface area contributed by atoms with E-state index in [-0.39, 0.29) is 0 Å². The van der Waals surface area contributed by atoms with Gasteiger partial charge in [-0.3, -0.25) is 0 Å². The van der Waals surface area contributed by atoms with Crippen LogP contribution in [0.15, 0.2) is 0 Å². The molecule has 0 aromatic heterocycles. The number of methoxy groups -OCH3 is 2. The molecule has 0 saturated carbocycles. The minimum absolute atomic E-state index is 0.323. The fourth-order valence-corrected chi connectivity index (χ4v) is 2.20. The van der Waals surface area contributed by atoms with Gasteiger partial charge < -0.3 is 19.5 Å². The van der Waals surface area contributed by atoms with Gasteiger partial charge in [-0.05, 0) is 24.7 Å². The maximum absolute atomic E-state index is 5.67. The van der Waals surface area contributed by atoms with Crippen LogP contribution in [0.5, 0.6) is 0 Å². The highest BCUT2D eigenvalue weighted by molar-refractivity contribution is 4.76. The van der Waals surface area contributed by atoms with E-state index in [0.29, 0.717) is 5.41 Å². The fraction of sp³-hybridized carbons (Fsp3) is 1.00. The minimum atomic E-state index is 0.323. The zero-order valence-corrected chi connectivity index (χ0v) is 13.3. The Morgan fingerprint density at radius 3 is 2.32 bits per heavy atom. The van der Waals surface area contributed by atoms with Crippen molar-refractivity contribution in [2.45, 2.75) is 39.5 Å². The van der Waals surface area contributed by atoms with E-state index in [2.05, 4.69) is 19.2 Å². The lowest BCUT2D eigenvalue weighted by Crippen LogP contribution is -2.34. The highest BCUT2D eigenvalue weighted by Crippen LogP contribution is 2.26. The van der Waals surface area contributed by atoms with Crippen LogP contribution in [0.4, 0.5) is 0 Å². The van der Waals surface area contributed by atoms with Crippen LogP contribution in [0.25, 0.3) is 0 Å². The molecule has 0 aliphatic rings. The molecule has 0 aliphatic carbocycles. The van der Waals surface area contributed by atoms with Crippen molar-refractivity contribution in [3.8, 4) is 0 Å². The van der Waals surface area contributed by atoms with Crippen molar-refractivity contribution >= 4 is 0 Å². The van der Waals surface area contributed by atoms with Crippen molar-refractivity contribution in [3.63, 3.8) is 0 Å². The number of nitrogens with one attached hydrogen (secondary N) is 1. The van der Waals surface area contributed by atoms with E-state index in [1.54, 1.807) is 14.2 Å². The van der Waals surface area contributed by atoms with Crippen LogP contribution in [0.2, 0.25) is 0 Å². The van der Waals surface area contributed by atoms with Crippen molar-refractivity contribution < 1.29 is 14.2 Å². The molecule has 0 amide bonds. The largest absolute Gasteiger partial charge is 0.385 e. The Morgan fingerprint density at radius 2 is 1.68 bits per heavy atom. The topological polar surface area (TPSA) is 39.7 Å². The van der Waals surface area contributed by atoms with Crippen molar-refractivity contribution in [1.82, 2.24) is 5.32 Å². The van der Waals surface area contributed by atoms with Crippen molar-refractivity contribution in [1.29, 1.82) is 0 Å². The molecule has 1 atom stereocenters. The maximum Gasteiger partial charge on any atom is 0.0587 e. The lowest BCUT2D eigenvalue weighted by Gasteiger charge is -2.29. The highest BCUT2D eigenvalue weighted by Gasteiger charge is 2.22. The molecule has 0 aromatic rings. The standard InChI is InChI=1S/C15H33NO3/c1-5-7-15(2,14-16-9-13-18-4)8-12-19-11-6-10-17-3/h16H,5-14H2,1-4H3. The van der Waals surface area contributed by atoms with E-state index in [4.69, 9.17) is 14.2 Å². The fourth-order valence-electron chi connectivity index (χ4n) is 2.20. The Kier molecular flexibility index (Phi) is 12.7. The van der Waals surface area contributed by atoms with Crippen LogP contribution in [0.1, 0.15) is 39.5 Å². The first kappa shape index (κ1) is 18.8. The summed E-state index contributed by atoms with van der Waals surface area (Å²) >= 11 is 0. The number of hydrogen-bond donors (Lipinski definition) is 1. The second-order valence-electron chi connectivity index (χ2n) is 5.44. The molecule has 0 rings (SSSR count). The van der Waals surface area contributed by atoms with Crippen LogP contribution >= 0.6 is 0 Å². The molecule has 0 heterocycles. The van der Waals surface area contributed by atoms with Crippen LogP contribution in [-0.2, 0) is 14.2 Å². The van der Waals surface area contributed by atoms with Gasteiger partial charge >= 0.3 is 0 Å². The van der Waals surface area contributed by atoms with Crippen LogP contribution < -0.4 is 5.32 Å². The predicted octanol–water partition coefficient (Wildman–Crippen LogP) is 2.47. The summed E-state index contributed by atoms with van der Waals surface area (Å²) in [7, 11) is 3.46. The van der Waals surface area contributed by atoms with E-state index in [1.165, 1.54) is 12.8 Å². The second kappa shape index (κ2) is 12.9. The molecule has 0 saturated heterocycles. The molecule has 1 unspecified atom stereocenters. The Hall–Kier alpha value is -0.160. The van der Waals surface area contributed by atoms with Gasteiger partial charge in [0, 0.05) is 47.1 Å². The number of ether oxygens (including phenoxy) is 3. The third-order valence-electron chi connectivity index (χ3n) is 3.38. The molecule has 0 spiro atoms. The van der Waals surface area contributed by atoms with Crippen molar-refractivity contribution in [2.24, 2.45) is 5.41 Å². The average Bonchev–Trinajstić information content (AvgIpc) is 2.39. The quantitative estimate of drug-likeness (QED) is 0.494. The Morgan fingerprint density at radius 1 is 0.947 bits per heavy atom. The van der Waals surface area contributed by atoms with E-state index in [1.807, 2.05) is 0 Å². The summed E-state index contributed by atoms with van der Waals surface area (Å²) in [6, 6.07) is 0. The molecule has 0 aromatic carbocycles. The van der Waals surface area contributed by atoms with Gasteiger partial charge in [0.2, 0.25) is 0 Å². The van der Waals surface area contributed by atoms with Crippen molar-refractivity contribution in [2.75, 3.05) is 53.7 Å². The Labute approximate surface area is 119 Å². The van der Waals surface area contributed by atoms with Gasteiger partial charge in [0.25, 0.3) is 0 Å². The maximum atomic E-state index is 5.67.